The molecule has 25 heavy (non-hydrogen) atoms. The van der Waals surface area contributed by atoms with E-state index in [0.29, 0.717) is 18.0 Å². The van der Waals surface area contributed by atoms with Gasteiger partial charge in [0.2, 0.25) is 0 Å². The van der Waals surface area contributed by atoms with Crippen LogP contribution in [0, 0.1) is 5.92 Å². The zero-order valence-corrected chi connectivity index (χ0v) is 15.2. The number of ketones is 1. The zero-order chi connectivity index (χ0) is 18.6. The molecule has 5 heteroatoms. The Balaban J connectivity index is 2.37. The van der Waals surface area contributed by atoms with Crippen molar-refractivity contribution in [2.45, 2.75) is 52.5 Å². The highest BCUT2D eigenvalue weighted by Gasteiger charge is 2.42. The topological polar surface area (TPSA) is 77.8 Å². The highest BCUT2D eigenvalue weighted by molar-refractivity contribution is 6.08. The predicted octanol–water partition coefficient (Wildman–Crippen LogP) is 3.89. The first-order valence-electron chi connectivity index (χ1n) is 8.94. The van der Waals surface area contributed by atoms with Crippen molar-refractivity contribution in [3.8, 4) is 5.75 Å². The smallest absolute Gasteiger partial charge is 0.290 e. The van der Waals surface area contributed by atoms with Crippen molar-refractivity contribution in [2.24, 2.45) is 5.92 Å². The number of hydrogen-bond donors (Lipinski definition) is 2. The maximum absolute atomic E-state index is 12.6. The van der Waals surface area contributed by atoms with Gasteiger partial charge in [-0.25, -0.2) is 0 Å². The predicted molar refractivity (Wildman–Crippen MR) is 96.2 cm³/mol. The lowest BCUT2D eigenvalue weighted by Gasteiger charge is -2.30. The zero-order valence-electron chi connectivity index (χ0n) is 15.2. The Kier molecular flexibility index (Phi) is 6.23. The number of carbonyl (C=O) groups is 2. The largest absolute Gasteiger partial charge is 0.508 e. The van der Waals surface area contributed by atoms with Crippen molar-refractivity contribution < 1.29 is 19.8 Å². The van der Waals surface area contributed by atoms with Gasteiger partial charge in [0.05, 0.1) is 11.6 Å². The summed E-state index contributed by atoms with van der Waals surface area (Å²) in [5, 5.41) is 19.8. The van der Waals surface area contributed by atoms with Crippen molar-refractivity contribution in [2.75, 3.05) is 6.54 Å². The number of aromatic hydroxyl groups is 1. The number of benzene rings is 1. The van der Waals surface area contributed by atoms with E-state index < -0.39 is 17.7 Å². The lowest BCUT2D eigenvalue weighted by atomic mass is 9.94. The fourth-order valence-electron chi connectivity index (χ4n) is 3.40. The van der Waals surface area contributed by atoms with E-state index in [1.165, 1.54) is 19.1 Å². The molecule has 0 fully saturated rings. The molecule has 136 valence electrons. The summed E-state index contributed by atoms with van der Waals surface area (Å²) in [5.74, 6) is -0.809. The minimum Gasteiger partial charge on any atom is -0.508 e. The molecule has 2 rings (SSSR count). The number of phenols is 1. The highest BCUT2D eigenvalue weighted by Crippen LogP contribution is 2.39. The summed E-state index contributed by atoms with van der Waals surface area (Å²) >= 11 is 0. The first-order valence-corrected chi connectivity index (χ1v) is 8.94. The van der Waals surface area contributed by atoms with Crippen LogP contribution in [-0.2, 0) is 9.59 Å². The van der Waals surface area contributed by atoms with Crippen molar-refractivity contribution in [1.82, 2.24) is 4.90 Å². The van der Waals surface area contributed by atoms with Crippen molar-refractivity contribution in [3.63, 3.8) is 0 Å². The fourth-order valence-corrected chi connectivity index (χ4v) is 3.40. The van der Waals surface area contributed by atoms with Crippen LogP contribution >= 0.6 is 0 Å². The maximum atomic E-state index is 12.6. The van der Waals surface area contributed by atoms with Gasteiger partial charge in [-0.3, -0.25) is 9.59 Å². The number of aliphatic hydroxyl groups is 1. The molecule has 0 aliphatic carbocycles. The lowest BCUT2D eigenvalue weighted by molar-refractivity contribution is -0.130. The minimum absolute atomic E-state index is 0.117. The van der Waals surface area contributed by atoms with Gasteiger partial charge in [-0.05, 0) is 37.0 Å². The van der Waals surface area contributed by atoms with Crippen molar-refractivity contribution in [1.29, 1.82) is 0 Å². The van der Waals surface area contributed by atoms with E-state index in [1.807, 2.05) is 0 Å². The van der Waals surface area contributed by atoms with Gasteiger partial charge in [-0.2, -0.15) is 0 Å². The second-order valence-corrected chi connectivity index (χ2v) is 6.69. The molecule has 1 aromatic carbocycles. The summed E-state index contributed by atoms with van der Waals surface area (Å²) < 4.78 is 0. The average molecular weight is 345 g/mol. The number of hydrogen-bond acceptors (Lipinski definition) is 4. The molecule has 0 radical (unpaired) electrons. The van der Waals surface area contributed by atoms with Gasteiger partial charge in [0.1, 0.15) is 5.75 Å². The molecule has 1 amide bonds. The molecule has 0 unspecified atom stereocenters. The molecular formula is C20H27NO4. The Morgan fingerprint density at radius 2 is 1.84 bits per heavy atom. The van der Waals surface area contributed by atoms with E-state index in [4.69, 9.17) is 0 Å². The van der Waals surface area contributed by atoms with Crippen LogP contribution < -0.4 is 0 Å². The molecule has 0 spiro atoms. The van der Waals surface area contributed by atoms with E-state index in [-0.39, 0.29) is 17.1 Å². The van der Waals surface area contributed by atoms with Gasteiger partial charge in [-0.1, -0.05) is 45.2 Å². The third-order valence-corrected chi connectivity index (χ3v) is 4.89. The molecule has 2 N–H and O–H groups in total. The summed E-state index contributed by atoms with van der Waals surface area (Å²) in [6.07, 6.45) is 4.12. The Morgan fingerprint density at radius 1 is 1.20 bits per heavy atom. The Morgan fingerprint density at radius 3 is 2.36 bits per heavy atom. The average Bonchev–Trinajstić information content (AvgIpc) is 2.84. The Hall–Kier alpha value is -2.30. The van der Waals surface area contributed by atoms with E-state index in [0.717, 1.165) is 25.7 Å². The van der Waals surface area contributed by atoms with Crippen LogP contribution in [-0.4, -0.2) is 33.3 Å². The first kappa shape index (κ1) is 19.0. The first-order chi connectivity index (χ1) is 11.9. The third-order valence-electron chi connectivity index (χ3n) is 4.89. The Labute approximate surface area is 149 Å². The molecule has 5 nitrogen and oxygen atoms in total. The SMILES string of the molecule is CCCC[C@@H](CC)CN1C(=O)C(O)=C(C(C)=O)[C@H]1c1ccc(O)cc1. The highest BCUT2D eigenvalue weighted by atomic mass is 16.3. The second kappa shape index (κ2) is 8.19. The van der Waals surface area contributed by atoms with Gasteiger partial charge >= 0.3 is 0 Å². The second-order valence-electron chi connectivity index (χ2n) is 6.69. The molecule has 1 aliphatic rings. The number of Topliss-reactive ketones (excluding diaryl/α,β-unsaturated/α-hetero) is 1. The summed E-state index contributed by atoms with van der Waals surface area (Å²) in [5.41, 5.74) is 0.853. The van der Waals surface area contributed by atoms with Gasteiger partial charge in [0, 0.05) is 6.54 Å². The molecular weight excluding hydrogens is 318 g/mol. The number of nitrogens with zero attached hydrogens (tertiary/aromatic N) is 1. The van der Waals surface area contributed by atoms with Crippen LogP contribution in [0.15, 0.2) is 35.6 Å². The number of rotatable bonds is 8. The van der Waals surface area contributed by atoms with Crippen LogP contribution in [0.5, 0.6) is 5.75 Å². The molecule has 0 bridgehead atoms. The minimum atomic E-state index is -0.596. The number of carbonyl (C=O) groups excluding carboxylic acids is 2. The van der Waals surface area contributed by atoms with Crippen molar-refractivity contribution >= 4 is 11.7 Å². The molecule has 0 aromatic heterocycles. The van der Waals surface area contributed by atoms with Gasteiger partial charge in [0.15, 0.2) is 11.5 Å². The molecule has 1 aliphatic heterocycles. The van der Waals surface area contributed by atoms with Crippen LogP contribution in [0.25, 0.3) is 0 Å². The summed E-state index contributed by atoms with van der Waals surface area (Å²) in [4.78, 5) is 26.3. The standard InChI is InChI=1S/C20H27NO4/c1-4-6-7-14(5-2)12-21-18(15-8-10-16(23)11-9-15)17(13(3)22)19(24)20(21)25/h8-11,14,18,23-24H,4-7,12H2,1-3H3/t14-,18-/m1/s1. The van der Waals surface area contributed by atoms with Crippen LogP contribution in [0.4, 0.5) is 0 Å². The summed E-state index contributed by atoms with van der Waals surface area (Å²) in [6, 6.07) is 5.84. The number of unbranched alkanes of at least 4 members (excludes halogenated alkanes) is 1. The quantitative estimate of drug-likeness (QED) is 0.749. The fraction of sp³-hybridized carbons (Fsp3) is 0.500. The van der Waals surface area contributed by atoms with E-state index in [2.05, 4.69) is 13.8 Å². The number of amides is 1. The molecule has 1 aromatic rings. The van der Waals surface area contributed by atoms with Crippen molar-refractivity contribution in [3.05, 3.63) is 41.2 Å². The van der Waals surface area contributed by atoms with Crippen LogP contribution in [0.3, 0.4) is 0 Å². The van der Waals surface area contributed by atoms with Crippen LogP contribution in [0.2, 0.25) is 0 Å². The molecule has 0 saturated carbocycles. The summed E-state index contributed by atoms with van der Waals surface area (Å²) in [6.45, 7) is 6.09. The molecule has 0 saturated heterocycles. The lowest BCUT2D eigenvalue weighted by Crippen LogP contribution is -2.35. The summed E-state index contributed by atoms with van der Waals surface area (Å²) in [7, 11) is 0. The number of aliphatic hydroxyl groups excluding tert-OH is 1. The van der Waals surface area contributed by atoms with Gasteiger partial charge in [-0.15, -0.1) is 0 Å². The monoisotopic (exact) mass is 345 g/mol. The van der Waals surface area contributed by atoms with Crippen LogP contribution in [0.1, 0.15) is 58.1 Å². The molecule has 2 atom stereocenters. The van der Waals surface area contributed by atoms with E-state index >= 15 is 0 Å². The van der Waals surface area contributed by atoms with E-state index in [1.54, 1.807) is 17.0 Å². The van der Waals surface area contributed by atoms with Gasteiger partial charge in [0.25, 0.3) is 5.91 Å². The Bertz CT molecular complexity index is 663. The third kappa shape index (κ3) is 4.03. The van der Waals surface area contributed by atoms with Gasteiger partial charge < -0.3 is 15.1 Å². The normalized spacial score (nSPS) is 18.8. The molecule has 1 heterocycles. The van der Waals surface area contributed by atoms with E-state index in [9.17, 15) is 19.8 Å². The number of phenolic OH excluding ortho intramolecular Hbond substituents is 1. The maximum Gasteiger partial charge on any atom is 0.290 e.